The summed E-state index contributed by atoms with van der Waals surface area (Å²) in [5.41, 5.74) is 0.853. The van der Waals surface area contributed by atoms with E-state index in [-0.39, 0.29) is 16.9 Å². The van der Waals surface area contributed by atoms with E-state index >= 15 is 0 Å². The Morgan fingerprint density at radius 3 is 2.72 bits per heavy atom. The van der Waals surface area contributed by atoms with E-state index in [4.69, 9.17) is 4.74 Å². The van der Waals surface area contributed by atoms with Crippen molar-refractivity contribution < 1.29 is 19.0 Å². The van der Waals surface area contributed by atoms with Crippen LogP contribution in [0.15, 0.2) is 36.4 Å². The summed E-state index contributed by atoms with van der Waals surface area (Å²) < 4.78 is 18.9. The van der Waals surface area contributed by atoms with Gasteiger partial charge in [0.2, 0.25) is 0 Å². The topological polar surface area (TPSA) is 46.5 Å². The third-order valence-electron chi connectivity index (χ3n) is 2.64. The molecule has 2 rings (SSSR count). The SMILES string of the molecule is COc1cccc(F)c1-c1ccc(O)c(C=O)c1. The molecule has 2 aromatic carbocycles. The molecule has 1 N–H and O–H groups in total. The number of halogens is 1. The highest BCUT2D eigenvalue weighted by Gasteiger charge is 2.13. The van der Waals surface area contributed by atoms with Gasteiger partial charge < -0.3 is 9.84 Å². The van der Waals surface area contributed by atoms with Gasteiger partial charge in [-0.05, 0) is 29.8 Å². The Hall–Kier alpha value is -2.36. The number of carbonyl (C=O) groups excluding carboxylic acids is 1. The summed E-state index contributed by atoms with van der Waals surface area (Å²) in [5, 5.41) is 9.42. The standard InChI is InChI=1S/C14H11FO3/c1-18-13-4-2-3-11(15)14(13)9-5-6-12(17)10(7-9)8-16/h2-8,17H,1H3. The van der Waals surface area contributed by atoms with Gasteiger partial charge in [-0.1, -0.05) is 12.1 Å². The highest BCUT2D eigenvalue weighted by atomic mass is 19.1. The predicted molar refractivity (Wildman–Crippen MR) is 65.4 cm³/mol. The van der Waals surface area contributed by atoms with Crippen molar-refractivity contribution in [3.05, 3.63) is 47.8 Å². The lowest BCUT2D eigenvalue weighted by molar-refractivity contribution is 0.112. The van der Waals surface area contributed by atoms with Crippen molar-refractivity contribution in [2.75, 3.05) is 7.11 Å². The van der Waals surface area contributed by atoms with Gasteiger partial charge in [0.1, 0.15) is 17.3 Å². The lowest BCUT2D eigenvalue weighted by Gasteiger charge is -2.10. The number of rotatable bonds is 3. The second kappa shape index (κ2) is 4.87. The summed E-state index contributed by atoms with van der Waals surface area (Å²) in [4.78, 5) is 10.8. The Kier molecular flexibility index (Phi) is 3.28. The summed E-state index contributed by atoms with van der Waals surface area (Å²) in [7, 11) is 1.44. The second-order valence-electron chi connectivity index (χ2n) is 3.71. The highest BCUT2D eigenvalue weighted by molar-refractivity contribution is 5.84. The van der Waals surface area contributed by atoms with Crippen LogP contribution in [0.25, 0.3) is 11.1 Å². The molecule has 0 bridgehead atoms. The molecule has 0 saturated carbocycles. The molecule has 0 unspecified atom stereocenters. The first-order chi connectivity index (χ1) is 8.67. The summed E-state index contributed by atoms with van der Waals surface area (Å²) in [5.74, 6) is -0.210. The van der Waals surface area contributed by atoms with Crippen molar-refractivity contribution in [2.24, 2.45) is 0 Å². The number of hydrogen-bond donors (Lipinski definition) is 1. The van der Waals surface area contributed by atoms with E-state index in [2.05, 4.69) is 0 Å². The molecule has 0 atom stereocenters. The minimum absolute atomic E-state index is 0.109. The fourth-order valence-corrected chi connectivity index (χ4v) is 1.76. The number of ether oxygens (including phenoxy) is 1. The molecule has 18 heavy (non-hydrogen) atoms. The molecule has 0 fully saturated rings. The number of carbonyl (C=O) groups is 1. The maximum atomic E-state index is 13.8. The van der Waals surface area contributed by atoms with Crippen molar-refractivity contribution in [2.45, 2.75) is 0 Å². The van der Waals surface area contributed by atoms with Gasteiger partial charge in [0, 0.05) is 0 Å². The molecule has 4 heteroatoms. The molecule has 0 amide bonds. The number of phenols is 1. The number of methoxy groups -OCH3 is 1. The number of benzene rings is 2. The summed E-state index contributed by atoms with van der Waals surface area (Å²) in [6, 6.07) is 8.79. The first kappa shape index (κ1) is 12.1. The monoisotopic (exact) mass is 246 g/mol. The van der Waals surface area contributed by atoms with Crippen LogP contribution in [-0.2, 0) is 0 Å². The van der Waals surface area contributed by atoms with Crippen LogP contribution in [0, 0.1) is 5.82 Å². The molecule has 3 nitrogen and oxygen atoms in total. The molecule has 0 saturated heterocycles. The Morgan fingerprint density at radius 2 is 2.06 bits per heavy atom. The summed E-state index contributed by atoms with van der Waals surface area (Å²) in [6.07, 6.45) is 0.520. The van der Waals surface area contributed by atoms with Crippen LogP contribution in [-0.4, -0.2) is 18.5 Å². The van der Waals surface area contributed by atoms with Crippen LogP contribution >= 0.6 is 0 Å². The highest BCUT2D eigenvalue weighted by Crippen LogP contribution is 2.34. The number of phenolic OH excluding ortho intramolecular Hbond substituents is 1. The van der Waals surface area contributed by atoms with E-state index < -0.39 is 5.82 Å². The molecule has 92 valence electrons. The number of aldehydes is 1. The van der Waals surface area contributed by atoms with E-state index in [0.29, 0.717) is 17.6 Å². The maximum Gasteiger partial charge on any atom is 0.153 e. The Morgan fingerprint density at radius 1 is 1.28 bits per heavy atom. The zero-order chi connectivity index (χ0) is 13.1. The fraction of sp³-hybridized carbons (Fsp3) is 0.0714. The Labute approximate surface area is 103 Å². The van der Waals surface area contributed by atoms with Gasteiger partial charge in [0.15, 0.2) is 6.29 Å². The normalized spacial score (nSPS) is 10.1. The molecule has 0 aliphatic carbocycles. The minimum atomic E-state index is -0.447. The number of hydrogen-bond acceptors (Lipinski definition) is 3. The molecule has 0 spiro atoms. The van der Waals surface area contributed by atoms with E-state index in [1.165, 1.54) is 31.4 Å². The van der Waals surface area contributed by atoms with Gasteiger partial charge in [0.25, 0.3) is 0 Å². The van der Waals surface area contributed by atoms with Crippen molar-refractivity contribution in [1.29, 1.82) is 0 Å². The fourth-order valence-electron chi connectivity index (χ4n) is 1.76. The largest absolute Gasteiger partial charge is 0.507 e. The first-order valence-corrected chi connectivity index (χ1v) is 5.28. The number of aromatic hydroxyl groups is 1. The van der Waals surface area contributed by atoms with E-state index in [1.54, 1.807) is 12.1 Å². The van der Waals surface area contributed by atoms with Gasteiger partial charge in [-0.15, -0.1) is 0 Å². The smallest absolute Gasteiger partial charge is 0.153 e. The molecule has 0 aliphatic rings. The van der Waals surface area contributed by atoms with Crippen LogP contribution in [0.1, 0.15) is 10.4 Å². The van der Waals surface area contributed by atoms with Gasteiger partial charge in [-0.3, -0.25) is 4.79 Å². The molecular formula is C14H11FO3. The predicted octanol–water partition coefficient (Wildman–Crippen LogP) is 3.02. The third-order valence-corrected chi connectivity index (χ3v) is 2.64. The van der Waals surface area contributed by atoms with Crippen LogP contribution in [0.3, 0.4) is 0 Å². The van der Waals surface area contributed by atoms with Crippen molar-refractivity contribution in [1.82, 2.24) is 0 Å². The average molecular weight is 246 g/mol. The zero-order valence-corrected chi connectivity index (χ0v) is 9.68. The average Bonchev–Trinajstić information content (AvgIpc) is 2.39. The zero-order valence-electron chi connectivity index (χ0n) is 9.68. The molecule has 0 aliphatic heterocycles. The van der Waals surface area contributed by atoms with Crippen LogP contribution in [0.2, 0.25) is 0 Å². The summed E-state index contributed by atoms with van der Waals surface area (Å²) in [6.45, 7) is 0. The maximum absolute atomic E-state index is 13.8. The van der Waals surface area contributed by atoms with Gasteiger partial charge in [-0.2, -0.15) is 0 Å². The van der Waals surface area contributed by atoms with Gasteiger partial charge in [0.05, 0.1) is 18.2 Å². The van der Waals surface area contributed by atoms with Gasteiger partial charge in [-0.25, -0.2) is 4.39 Å². The van der Waals surface area contributed by atoms with Crippen LogP contribution in [0.4, 0.5) is 4.39 Å². The molecule has 0 heterocycles. The third kappa shape index (κ3) is 2.05. The Balaban J connectivity index is 2.65. The van der Waals surface area contributed by atoms with Crippen molar-refractivity contribution in [3.8, 4) is 22.6 Å². The molecule has 0 radical (unpaired) electrons. The van der Waals surface area contributed by atoms with Gasteiger partial charge >= 0.3 is 0 Å². The quantitative estimate of drug-likeness (QED) is 0.847. The van der Waals surface area contributed by atoms with E-state index in [1.807, 2.05) is 0 Å². The van der Waals surface area contributed by atoms with Crippen molar-refractivity contribution >= 4 is 6.29 Å². The molecular weight excluding hydrogens is 235 g/mol. The lowest BCUT2D eigenvalue weighted by atomic mass is 10.0. The van der Waals surface area contributed by atoms with Crippen LogP contribution in [0.5, 0.6) is 11.5 Å². The minimum Gasteiger partial charge on any atom is -0.507 e. The first-order valence-electron chi connectivity index (χ1n) is 5.28. The van der Waals surface area contributed by atoms with Crippen LogP contribution < -0.4 is 4.74 Å². The second-order valence-corrected chi connectivity index (χ2v) is 3.71. The molecule has 2 aromatic rings. The Bertz CT molecular complexity index is 594. The summed E-state index contributed by atoms with van der Waals surface area (Å²) >= 11 is 0. The lowest BCUT2D eigenvalue weighted by Crippen LogP contribution is -1.92. The van der Waals surface area contributed by atoms with Crippen molar-refractivity contribution in [3.63, 3.8) is 0 Å². The van der Waals surface area contributed by atoms with E-state index in [9.17, 15) is 14.3 Å². The van der Waals surface area contributed by atoms with E-state index in [0.717, 1.165) is 0 Å². The molecule has 0 aromatic heterocycles.